The normalized spacial score (nSPS) is 16.0. The third-order valence-electron chi connectivity index (χ3n) is 8.03. The number of carbonyl (C=O) groups is 4. The summed E-state index contributed by atoms with van der Waals surface area (Å²) in [5.41, 5.74) is 0.365. The molecule has 0 saturated heterocycles. The number of benzene rings is 4. The molecule has 8 N–H and O–H groups in total. The molecule has 16 heteroatoms. The molecule has 1 heterocycles. The smallest absolute Gasteiger partial charge is 0.345 e. The van der Waals surface area contributed by atoms with E-state index in [-0.39, 0.29) is 33.6 Å². The van der Waals surface area contributed by atoms with Crippen molar-refractivity contribution in [2.45, 2.75) is 37.1 Å². The Morgan fingerprint density at radius 1 is 0.692 bits per heavy atom. The fourth-order valence-electron chi connectivity index (χ4n) is 5.48. The van der Waals surface area contributed by atoms with Crippen LogP contribution < -0.4 is 9.84 Å². The second-order valence-corrected chi connectivity index (χ2v) is 11.6. The Morgan fingerprint density at radius 3 is 1.77 bits per heavy atom. The van der Waals surface area contributed by atoms with E-state index >= 15 is 0 Å². The van der Waals surface area contributed by atoms with Gasteiger partial charge in [0, 0.05) is 24.5 Å². The number of carbonyl (C=O) groups excluding carboxylic acids is 3. The van der Waals surface area contributed by atoms with E-state index in [9.17, 15) is 65.1 Å². The second-order valence-electron chi connectivity index (χ2n) is 11.6. The SMILES string of the molecule is O=C(/C=C/c1ccc(O)c2c1[C@H](C(=O)O[C@H](Cc1ccc(O)c(O)c1)C(=O)O)[C@@H](c1ccc(O)c(O)c1)O2)O[C@H](Cc1ccc(O)c(O)c1)C(=O)[O-]. The van der Waals surface area contributed by atoms with Crippen molar-refractivity contribution in [2.75, 3.05) is 0 Å². The number of carboxylic acid groups (broad SMARTS) is 2. The standard InChI is InChI=1S/C36H30O16/c37-20-6-1-16(11-24(20)41)13-27(34(45)46)50-29(44)10-5-18-3-9-23(40)33-30(18)31(32(52-33)19-4-8-22(39)26(43)15-19)36(49)51-28(35(47)48)14-17-2-7-21(38)25(42)12-17/h1-12,15,27-28,31-32,37-43H,13-14H2,(H,45,46)(H,47,48)/p-1/b10-5+/t27-,28-,31+,32-/m1/s1. The van der Waals surface area contributed by atoms with Gasteiger partial charge in [0.05, 0.1) is 5.97 Å². The van der Waals surface area contributed by atoms with Gasteiger partial charge in [-0.1, -0.05) is 24.3 Å². The van der Waals surface area contributed by atoms with Crippen LogP contribution in [0.15, 0.2) is 72.8 Å². The van der Waals surface area contributed by atoms with Crippen molar-refractivity contribution < 1.29 is 79.3 Å². The Labute approximate surface area is 292 Å². The van der Waals surface area contributed by atoms with Crippen molar-refractivity contribution in [1.29, 1.82) is 0 Å². The molecule has 270 valence electrons. The highest BCUT2D eigenvalue weighted by molar-refractivity contribution is 5.91. The predicted molar refractivity (Wildman–Crippen MR) is 172 cm³/mol. The van der Waals surface area contributed by atoms with E-state index in [1.54, 1.807) is 0 Å². The molecule has 52 heavy (non-hydrogen) atoms. The minimum Gasteiger partial charge on any atom is -0.546 e. The van der Waals surface area contributed by atoms with Gasteiger partial charge in [-0.15, -0.1) is 0 Å². The van der Waals surface area contributed by atoms with Gasteiger partial charge >= 0.3 is 17.9 Å². The van der Waals surface area contributed by atoms with E-state index in [4.69, 9.17) is 14.2 Å². The first-order chi connectivity index (χ1) is 24.6. The van der Waals surface area contributed by atoms with Crippen molar-refractivity contribution in [1.82, 2.24) is 0 Å². The summed E-state index contributed by atoms with van der Waals surface area (Å²) in [6, 6.07) is 12.8. The maximum Gasteiger partial charge on any atom is 0.345 e. The highest BCUT2D eigenvalue weighted by atomic mass is 16.6. The fourth-order valence-corrected chi connectivity index (χ4v) is 5.48. The molecular formula is C36H29O16-. The average Bonchev–Trinajstić information content (AvgIpc) is 3.50. The monoisotopic (exact) mass is 717 g/mol. The summed E-state index contributed by atoms with van der Waals surface area (Å²) in [5.74, 6) is -11.2. The zero-order chi connectivity index (χ0) is 37.9. The first-order valence-electron chi connectivity index (χ1n) is 15.2. The topological polar surface area (TPSA) is 281 Å². The van der Waals surface area contributed by atoms with Crippen LogP contribution in [0.25, 0.3) is 6.08 Å². The molecule has 4 aromatic rings. The maximum absolute atomic E-state index is 13.9. The zero-order valence-electron chi connectivity index (χ0n) is 26.6. The Hall–Kier alpha value is -7.10. The Balaban J connectivity index is 1.47. The number of esters is 2. The molecule has 4 atom stereocenters. The minimum atomic E-state index is -1.85. The molecule has 0 amide bonds. The number of carboxylic acids is 2. The van der Waals surface area contributed by atoms with E-state index < -0.39 is 101 Å². The van der Waals surface area contributed by atoms with Crippen LogP contribution in [0, 0.1) is 0 Å². The first-order valence-corrected chi connectivity index (χ1v) is 15.2. The number of hydrogen-bond acceptors (Lipinski definition) is 15. The third-order valence-corrected chi connectivity index (χ3v) is 8.03. The maximum atomic E-state index is 13.9. The molecule has 16 nitrogen and oxygen atoms in total. The van der Waals surface area contributed by atoms with Gasteiger partial charge in [0.25, 0.3) is 0 Å². The Kier molecular flexibility index (Phi) is 10.3. The highest BCUT2D eigenvalue weighted by Crippen LogP contribution is 2.53. The van der Waals surface area contributed by atoms with Crippen molar-refractivity contribution in [3.05, 3.63) is 101 Å². The number of aliphatic carboxylic acids is 2. The van der Waals surface area contributed by atoms with Gasteiger partial charge < -0.3 is 65.0 Å². The Morgan fingerprint density at radius 2 is 1.23 bits per heavy atom. The van der Waals surface area contributed by atoms with Crippen LogP contribution >= 0.6 is 0 Å². The molecule has 0 spiro atoms. The summed E-state index contributed by atoms with van der Waals surface area (Å²) >= 11 is 0. The van der Waals surface area contributed by atoms with Gasteiger partial charge in [-0.3, -0.25) is 4.79 Å². The molecule has 0 unspecified atom stereocenters. The summed E-state index contributed by atoms with van der Waals surface area (Å²) in [5, 5.41) is 91.2. The minimum absolute atomic E-state index is 0.0287. The largest absolute Gasteiger partial charge is 0.546 e. The van der Waals surface area contributed by atoms with E-state index in [0.717, 1.165) is 54.6 Å². The van der Waals surface area contributed by atoms with Crippen LogP contribution in [-0.2, 0) is 41.5 Å². The summed E-state index contributed by atoms with van der Waals surface area (Å²) in [4.78, 5) is 50.7. The molecular weight excluding hydrogens is 688 g/mol. The fraction of sp³-hybridized carbons (Fsp3) is 0.167. The first kappa shape index (κ1) is 36.2. The third kappa shape index (κ3) is 7.86. The zero-order valence-corrected chi connectivity index (χ0v) is 26.6. The molecule has 0 fully saturated rings. The van der Waals surface area contributed by atoms with Crippen LogP contribution in [0.1, 0.15) is 39.8 Å². The average molecular weight is 718 g/mol. The molecule has 0 aromatic heterocycles. The summed E-state index contributed by atoms with van der Waals surface area (Å²) < 4.78 is 16.4. The van der Waals surface area contributed by atoms with Crippen LogP contribution in [0.2, 0.25) is 0 Å². The quantitative estimate of drug-likeness (QED) is 0.0591. The van der Waals surface area contributed by atoms with Crippen molar-refractivity contribution in [3.8, 4) is 46.0 Å². The van der Waals surface area contributed by atoms with Gasteiger partial charge in [-0.2, -0.15) is 0 Å². The molecule has 5 rings (SSSR count). The summed E-state index contributed by atoms with van der Waals surface area (Å²) in [6.45, 7) is 0. The lowest BCUT2D eigenvalue weighted by molar-refractivity contribution is -0.315. The van der Waals surface area contributed by atoms with Crippen LogP contribution in [0.4, 0.5) is 0 Å². The van der Waals surface area contributed by atoms with Crippen LogP contribution in [0.3, 0.4) is 0 Å². The van der Waals surface area contributed by atoms with Crippen molar-refractivity contribution in [3.63, 3.8) is 0 Å². The lowest BCUT2D eigenvalue weighted by Crippen LogP contribution is -2.40. The number of hydrogen-bond donors (Lipinski definition) is 8. The van der Waals surface area contributed by atoms with E-state index in [1.807, 2.05) is 0 Å². The van der Waals surface area contributed by atoms with Gasteiger partial charge in [-0.05, 0) is 70.8 Å². The molecule has 1 aliphatic heterocycles. The summed E-state index contributed by atoms with van der Waals surface area (Å²) in [6.07, 6.45) is -4.09. The van der Waals surface area contributed by atoms with Crippen molar-refractivity contribution >= 4 is 30.0 Å². The number of ether oxygens (including phenoxy) is 3. The molecule has 0 saturated carbocycles. The molecule has 0 radical (unpaired) electrons. The van der Waals surface area contributed by atoms with Gasteiger partial charge in [0.2, 0.25) is 6.10 Å². The van der Waals surface area contributed by atoms with Crippen LogP contribution in [-0.4, -0.2) is 76.9 Å². The van der Waals surface area contributed by atoms with E-state index in [2.05, 4.69) is 0 Å². The van der Waals surface area contributed by atoms with E-state index in [0.29, 0.717) is 0 Å². The highest BCUT2D eigenvalue weighted by Gasteiger charge is 2.46. The molecule has 4 aromatic carbocycles. The second kappa shape index (κ2) is 14.8. The lowest BCUT2D eigenvalue weighted by atomic mass is 9.87. The molecule has 0 bridgehead atoms. The van der Waals surface area contributed by atoms with Crippen LogP contribution in [0.5, 0.6) is 46.0 Å². The van der Waals surface area contributed by atoms with Gasteiger partial charge in [-0.25, -0.2) is 9.59 Å². The lowest BCUT2D eigenvalue weighted by Gasteiger charge is -2.22. The van der Waals surface area contributed by atoms with Gasteiger partial charge in [0.15, 0.2) is 46.0 Å². The Bertz CT molecular complexity index is 2090. The number of aromatic hydroxyl groups is 7. The summed E-state index contributed by atoms with van der Waals surface area (Å²) in [7, 11) is 0. The van der Waals surface area contributed by atoms with Gasteiger partial charge in [0.1, 0.15) is 18.1 Å². The molecule has 1 aliphatic rings. The number of rotatable bonds is 12. The van der Waals surface area contributed by atoms with E-state index in [1.165, 1.54) is 24.3 Å². The number of fused-ring (bicyclic) bond motifs is 1. The van der Waals surface area contributed by atoms with Crippen molar-refractivity contribution in [2.24, 2.45) is 0 Å². The number of phenolic OH excluding ortho intramolecular Hbond substituents is 7. The molecule has 0 aliphatic carbocycles. The number of phenols is 7. The predicted octanol–water partition coefficient (Wildman–Crippen LogP) is 2.00.